The van der Waals surface area contributed by atoms with Gasteiger partial charge in [0.2, 0.25) is 0 Å². The zero-order valence-electron chi connectivity index (χ0n) is 15.4. The molecule has 29 heavy (non-hydrogen) atoms. The summed E-state index contributed by atoms with van der Waals surface area (Å²) in [6.07, 6.45) is 7.42. The van der Waals surface area contributed by atoms with Crippen LogP contribution in [0.1, 0.15) is 12.8 Å². The first-order valence-corrected chi connectivity index (χ1v) is 12.4. The van der Waals surface area contributed by atoms with Crippen LogP contribution >= 0.6 is 30.3 Å². The monoisotopic (exact) mass is 519 g/mol. The van der Waals surface area contributed by atoms with Gasteiger partial charge in [-0.3, -0.25) is 3.97 Å². The third-order valence-corrected chi connectivity index (χ3v) is 6.33. The molecule has 0 aliphatic carbocycles. The predicted octanol–water partition coefficient (Wildman–Crippen LogP) is 3.75. The summed E-state index contributed by atoms with van der Waals surface area (Å²) in [4.78, 5) is 15.8. The van der Waals surface area contributed by atoms with E-state index >= 15 is 0 Å². The van der Waals surface area contributed by atoms with Crippen LogP contribution in [0.4, 0.5) is 5.82 Å². The van der Waals surface area contributed by atoms with Crippen LogP contribution in [0.25, 0.3) is 11.0 Å². The molecule has 4 rings (SSSR count). The number of amidine groups is 1. The standard InChI is InChI=1S/C19H18IN7OS/c20-29-27-10-8-16-17(23-13-24-18(16)27)26-9-4-5-14(11-26)25-19(22-12-21)28-15-6-2-1-3-7-15/h1-3,6-8,10,13-14H,4-5,9,11H2,(H,22,25). The van der Waals surface area contributed by atoms with Crippen molar-refractivity contribution in [3.05, 3.63) is 48.9 Å². The lowest BCUT2D eigenvalue weighted by Gasteiger charge is -2.32. The lowest BCUT2D eigenvalue weighted by Crippen LogP contribution is -2.40. The fraction of sp³-hybridized carbons (Fsp3) is 0.263. The van der Waals surface area contributed by atoms with Gasteiger partial charge >= 0.3 is 6.02 Å². The Morgan fingerprint density at radius 1 is 1.31 bits per heavy atom. The van der Waals surface area contributed by atoms with Crippen LogP contribution in [-0.2, 0) is 0 Å². The van der Waals surface area contributed by atoms with Gasteiger partial charge in [0.1, 0.15) is 17.9 Å². The van der Waals surface area contributed by atoms with Crippen molar-refractivity contribution in [3.63, 3.8) is 0 Å². The number of aromatic nitrogens is 3. The number of piperidine rings is 1. The van der Waals surface area contributed by atoms with Gasteiger partial charge in [0.25, 0.3) is 0 Å². The Bertz CT molecular complexity index is 1050. The molecule has 1 aromatic carbocycles. The number of halogens is 1. The molecule has 3 aromatic rings. The first-order chi connectivity index (χ1) is 14.3. The first-order valence-electron chi connectivity index (χ1n) is 9.10. The highest BCUT2D eigenvalue weighted by Gasteiger charge is 2.24. The molecular formula is C19H18IN7OS. The molecule has 10 heteroatoms. The number of anilines is 1. The van der Waals surface area contributed by atoms with E-state index < -0.39 is 0 Å². The normalized spacial score (nSPS) is 17.2. The number of ether oxygens (including phenoxy) is 1. The molecule has 3 heterocycles. The molecule has 0 spiro atoms. The highest BCUT2D eigenvalue weighted by atomic mass is 127. The van der Waals surface area contributed by atoms with Crippen LogP contribution < -0.4 is 15.0 Å². The van der Waals surface area contributed by atoms with Gasteiger partial charge in [0.15, 0.2) is 11.8 Å². The van der Waals surface area contributed by atoms with E-state index in [1.165, 1.54) is 0 Å². The van der Waals surface area contributed by atoms with Gasteiger partial charge in [0, 0.05) is 49.6 Å². The summed E-state index contributed by atoms with van der Waals surface area (Å²) in [5.74, 6) is 1.55. The zero-order valence-corrected chi connectivity index (χ0v) is 18.4. The minimum Gasteiger partial charge on any atom is -0.425 e. The lowest BCUT2D eigenvalue weighted by atomic mass is 10.1. The van der Waals surface area contributed by atoms with Crippen LogP contribution in [-0.4, -0.2) is 39.1 Å². The molecule has 1 fully saturated rings. The summed E-state index contributed by atoms with van der Waals surface area (Å²) >= 11 is 2.24. The number of nitrogens with zero attached hydrogens (tertiary/aromatic N) is 6. The molecule has 1 saturated heterocycles. The number of hydrogen-bond acceptors (Lipinski definition) is 7. The zero-order chi connectivity index (χ0) is 20.1. The second-order valence-corrected chi connectivity index (χ2v) is 8.19. The SMILES string of the molecule is N#CNC(=NC1CCCN(c2ncnc3c2ccn3SI)C1)Oc1ccccc1. The summed E-state index contributed by atoms with van der Waals surface area (Å²) in [6.45, 7) is 1.60. The number of nitrogens with one attached hydrogen (secondary N) is 1. The van der Waals surface area contributed by atoms with E-state index in [0.29, 0.717) is 12.3 Å². The first kappa shape index (κ1) is 19.8. The van der Waals surface area contributed by atoms with Gasteiger partial charge in [-0.05, 0) is 31.0 Å². The molecule has 8 nitrogen and oxygen atoms in total. The molecular weight excluding hydrogens is 501 g/mol. The molecule has 1 aliphatic heterocycles. The second kappa shape index (κ2) is 9.32. The van der Waals surface area contributed by atoms with Crippen molar-refractivity contribution in [2.24, 2.45) is 4.99 Å². The summed E-state index contributed by atoms with van der Waals surface area (Å²) in [5.41, 5.74) is 0.902. The molecule has 2 aromatic heterocycles. The van der Waals surface area contributed by atoms with Gasteiger partial charge < -0.3 is 9.64 Å². The molecule has 0 saturated carbocycles. The summed E-state index contributed by atoms with van der Waals surface area (Å²) in [6, 6.07) is 11.6. The Labute approximate surface area is 184 Å². The maximum atomic E-state index is 9.06. The summed E-state index contributed by atoms with van der Waals surface area (Å²) in [5, 5.41) is 12.6. The van der Waals surface area contributed by atoms with Crippen molar-refractivity contribution in [1.29, 1.82) is 5.26 Å². The van der Waals surface area contributed by atoms with E-state index in [1.54, 1.807) is 15.4 Å². The predicted molar refractivity (Wildman–Crippen MR) is 123 cm³/mol. The number of aliphatic imine (C=N–C) groups is 1. The summed E-state index contributed by atoms with van der Waals surface area (Å²) in [7, 11) is 1.58. The van der Waals surface area contributed by atoms with Crippen LogP contribution in [0, 0.1) is 11.5 Å². The van der Waals surface area contributed by atoms with Crippen molar-refractivity contribution in [1.82, 2.24) is 19.3 Å². The third-order valence-electron chi connectivity index (χ3n) is 4.62. The smallest absolute Gasteiger partial charge is 0.304 e. The number of para-hydroxylation sites is 1. The number of hydrogen-bond donors (Lipinski definition) is 1. The van der Waals surface area contributed by atoms with E-state index in [9.17, 15) is 0 Å². The van der Waals surface area contributed by atoms with Crippen LogP contribution in [0.3, 0.4) is 0 Å². The molecule has 148 valence electrons. The third kappa shape index (κ3) is 4.56. The largest absolute Gasteiger partial charge is 0.425 e. The maximum Gasteiger partial charge on any atom is 0.304 e. The van der Waals surface area contributed by atoms with Gasteiger partial charge in [-0.2, -0.15) is 5.26 Å². The minimum atomic E-state index is -0.00522. The average molecular weight is 519 g/mol. The van der Waals surface area contributed by atoms with E-state index in [0.717, 1.165) is 36.2 Å². The Morgan fingerprint density at radius 3 is 2.97 bits per heavy atom. The number of nitriles is 1. The fourth-order valence-corrected chi connectivity index (χ4v) is 4.64. The van der Waals surface area contributed by atoms with Crippen molar-refractivity contribution in [2.75, 3.05) is 18.0 Å². The van der Waals surface area contributed by atoms with E-state index in [2.05, 4.69) is 46.4 Å². The highest BCUT2D eigenvalue weighted by Crippen LogP contribution is 2.30. The van der Waals surface area contributed by atoms with Gasteiger partial charge in [-0.1, -0.05) is 18.2 Å². The maximum absolute atomic E-state index is 9.06. The Hall–Kier alpha value is -2.52. The average Bonchev–Trinajstić information content (AvgIpc) is 3.18. The van der Waals surface area contributed by atoms with Gasteiger partial charge in [-0.25, -0.2) is 20.3 Å². The topological polar surface area (TPSA) is 91.4 Å². The summed E-state index contributed by atoms with van der Waals surface area (Å²) < 4.78 is 7.77. The van der Waals surface area contributed by atoms with E-state index in [1.807, 2.05) is 52.8 Å². The number of benzene rings is 1. The molecule has 0 bridgehead atoms. The van der Waals surface area contributed by atoms with E-state index in [4.69, 9.17) is 10.00 Å². The molecule has 1 unspecified atom stereocenters. The highest BCUT2D eigenvalue weighted by molar-refractivity contribution is 14.2. The molecule has 1 aliphatic rings. The van der Waals surface area contributed by atoms with E-state index in [-0.39, 0.29) is 12.1 Å². The number of fused-ring (bicyclic) bond motifs is 1. The molecule has 1 atom stereocenters. The molecule has 0 amide bonds. The molecule has 1 N–H and O–H groups in total. The minimum absolute atomic E-state index is 0.00522. The lowest BCUT2D eigenvalue weighted by molar-refractivity contribution is 0.475. The van der Waals surface area contributed by atoms with Crippen molar-refractivity contribution >= 4 is 53.2 Å². The molecule has 0 radical (unpaired) electrons. The van der Waals surface area contributed by atoms with Crippen molar-refractivity contribution in [3.8, 4) is 11.9 Å². The Kier molecular flexibility index (Phi) is 6.36. The second-order valence-electron chi connectivity index (χ2n) is 6.47. The van der Waals surface area contributed by atoms with Gasteiger partial charge in [0.05, 0.1) is 11.4 Å². The fourth-order valence-electron chi connectivity index (χ4n) is 3.37. The van der Waals surface area contributed by atoms with Crippen molar-refractivity contribution < 1.29 is 4.74 Å². The Balaban J connectivity index is 1.55. The van der Waals surface area contributed by atoms with Crippen LogP contribution in [0.5, 0.6) is 5.75 Å². The number of rotatable bonds is 4. The van der Waals surface area contributed by atoms with Gasteiger partial charge in [-0.15, -0.1) is 0 Å². The van der Waals surface area contributed by atoms with Crippen molar-refractivity contribution in [2.45, 2.75) is 18.9 Å². The quantitative estimate of drug-likeness (QED) is 0.185. The van der Waals surface area contributed by atoms with Crippen LogP contribution in [0.2, 0.25) is 0 Å². The Morgan fingerprint density at radius 2 is 2.17 bits per heavy atom. The van der Waals surface area contributed by atoms with Crippen LogP contribution in [0.15, 0.2) is 53.9 Å².